The van der Waals surface area contributed by atoms with E-state index in [1.807, 2.05) is 26.0 Å². The molecule has 0 aliphatic heterocycles. The Bertz CT molecular complexity index is 667. The van der Waals surface area contributed by atoms with E-state index < -0.39 is 0 Å². The molecule has 0 radical (unpaired) electrons. The molecule has 2 rings (SSSR count). The van der Waals surface area contributed by atoms with Crippen LogP contribution in [-0.4, -0.2) is 20.9 Å². The summed E-state index contributed by atoms with van der Waals surface area (Å²) in [5.74, 6) is -0.298. The van der Waals surface area contributed by atoms with Crippen LogP contribution in [0.1, 0.15) is 27.4 Å². The second kappa shape index (κ2) is 5.75. The Hall–Kier alpha value is -2.34. The minimum atomic E-state index is -0.298. The molecule has 0 saturated carbocycles. The first kappa shape index (κ1) is 14.1. The summed E-state index contributed by atoms with van der Waals surface area (Å²) in [6.45, 7) is 3.74. The van der Waals surface area contributed by atoms with Crippen LogP contribution in [0, 0.1) is 13.8 Å². The quantitative estimate of drug-likeness (QED) is 0.843. The standard InChI is InChI=1S/C14H14N4OS/c1-8-3-5-11(9(2)17-8)18-14(19)12-6-4-10(7-16-12)13(15)20/h3-7H,1-2H3,(H2,15,20)(H,18,19). The van der Waals surface area contributed by atoms with E-state index in [1.165, 1.54) is 6.20 Å². The third kappa shape index (κ3) is 3.16. The minimum absolute atomic E-state index is 0.253. The number of hydrogen-bond acceptors (Lipinski definition) is 4. The van der Waals surface area contributed by atoms with Crippen LogP contribution in [-0.2, 0) is 0 Å². The maximum atomic E-state index is 12.1. The Balaban J connectivity index is 2.17. The zero-order valence-electron chi connectivity index (χ0n) is 11.2. The summed E-state index contributed by atoms with van der Waals surface area (Å²) in [6, 6.07) is 6.91. The number of carbonyl (C=O) groups is 1. The van der Waals surface area contributed by atoms with E-state index in [0.717, 1.165) is 11.4 Å². The molecule has 102 valence electrons. The van der Waals surface area contributed by atoms with E-state index in [0.29, 0.717) is 16.9 Å². The van der Waals surface area contributed by atoms with Crippen molar-refractivity contribution in [1.29, 1.82) is 0 Å². The predicted molar refractivity (Wildman–Crippen MR) is 81.8 cm³/mol. The molecule has 2 heterocycles. The first-order valence-electron chi connectivity index (χ1n) is 5.99. The average molecular weight is 286 g/mol. The molecule has 3 N–H and O–H groups in total. The van der Waals surface area contributed by atoms with Crippen LogP contribution < -0.4 is 11.1 Å². The van der Waals surface area contributed by atoms with Crippen LogP contribution in [0.25, 0.3) is 0 Å². The lowest BCUT2D eigenvalue weighted by Crippen LogP contribution is -2.16. The second-order valence-electron chi connectivity index (χ2n) is 4.34. The number of nitrogens with zero attached hydrogens (tertiary/aromatic N) is 2. The molecule has 6 heteroatoms. The molecule has 20 heavy (non-hydrogen) atoms. The van der Waals surface area contributed by atoms with Crippen LogP contribution >= 0.6 is 12.2 Å². The van der Waals surface area contributed by atoms with Gasteiger partial charge in [0.1, 0.15) is 10.7 Å². The Morgan fingerprint density at radius 3 is 2.55 bits per heavy atom. The number of hydrogen-bond donors (Lipinski definition) is 2. The van der Waals surface area contributed by atoms with Gasteiger partial charge in [-0.25, -0.2) is 0 Å². The van der Waals surface area contributed by atoms with Gasteiger partial charge in [0.25, 0.3) is 5.91 Å². The Morgan fingerprint density at radius 1 is 1.25 bits per heavy atom. The van der Waals surface area contributed by atoms with Gasteiger partial charge in [-0.15, -0.1) is 0 Å². The van der Waals surface area contributed by atoms with Gasteiger partial charge in [0.15, 0.2) is 0 Å². The molecule has 5 nitrogen and oxygen atoms in total. The number of carbonyl (C=O) groups excluding carboxylic acids is 1. The van der Waals surface area contributed by atoms with Crippen LogP contribution in [0.5, 0.6) is 0 Å². The maximum absolute atomic E-state index is 12.1. The van der Waals surface area contributed by atoms with Crippen molar-refractivity contribution in [3.63, 3.8) is 0 Å². The van der Waals surface area contributed by atoms with Crippen molar-refractivity contribution in [2.24, 2.45) is 5.73 Å². The molecule has 0 saturated heterocycles. The van der Waals surface area contributed by atoms with Gasteiger partial charge in [0.05, 0.1) is 11.4 Å². The van der Waals surface area contributed by atoms with Gasteiger partial charge in [-0.2, -0.15) is 0 Å². The fourth-order valence-electron chi connectivity index (χ4n) is 1.68. The highest BCUT2D eigenvalue weighted by molar-refractivity contribution is 7.80. The SMILES string of the molecule is Cc1ccc(NC(=O)c2ccc(C(N)=S)cn2)c(C)n1. The number of pyridine rings is 2. The number of thiocarbonyl (C=S) groups is 1. The molecule has 0 atom stereocenters. The van der Waals surface area contributed by atoms with E-state index >= 15 is 0 Å². The number of aryl methyl sites for hydroxylation is 2. The number of rotatable bonds is 3. The lowest BCUT2D eigenvalue weighted by Gasteiger charge is -2.08. The van der Waals surface area contributed by atoms with Crippen molar-refractivity contribution in [3.8, 4) is 0 Å². The topological polar surface area (TPSA) is 80.9 Å². The third-order valence-electron chi connectivity index (χ3n) is 2.75. The number of nitrogens with one attached hydrogen (secondary N) is 1. The first-order valence-corrected chi connectivity index (χ1v) is 6.39. The summed E-state index contributed by atoms with van der Waals surface area (Å²) in [6.07, 6.45) is 1.48. The van der Waals surface area contributed by atoms with Crippen molar-refractivity contribution in [2.75, 3.05) is 5.32 Å². The molecule has 0 aromatic carbocycles. The highest BCUT2D eigenvalue weighted by Crippen LogP contribution is 2.13. The van der Waals surface area contributed by atoms with Gasteiger partial charge in [0, 0.05) is 17.5 Å². The normalized spacial score (nSPS) is 10.1. The molecule has 0 fully saturated rings. The van der Waals surface area contributed by atoms with Gasteiger partial charge in [-0.05, 0) is 38.1 Å². The van der Waals surface area contributed by atoms with E-state index in [9.17, 15) is 4.79 Å². The summed E-state index contributed by atoms with van der Waals surface area (Å²) in [4.78, 5) is 20.7. The van der Waals surface area contributed by atoms with Gasteiger partial charge in [0.2, 0.25) is 0 Å². The highest BCUT2D eigenvalue weighted by Gasteiger charge is 2.10. The van der Waals surface area contributed by atoms with Crippen molar-refractivity contribution in [1.82, 2.24) is 9.97 Å². The predicted octanol–water partition coefficient (Wildman–Crippen LogP) is 1.98. The molecule has 2 aromatic rings. The fourth-order valence-corrected chi connectivity index (χ4v) is 1.80. The lowest BCUT2D eigenvalue weighted by molar-refractivity contribution is 0.102. The number of anilines is 1. The van der Waals surface area contributed by atoms with Crippen LogP contribution in [0.15, 0.2) is 30.5 Å². The smallest absolute Gasteiger partial charge is 0.274 e. The molecule has 0 aliphatic carbocycles. The minimum Gasteiger partial charge on any atom is -0.389 e. The lowest BCUT2D eigenvalue weighted by atomic mass is 10.2. The summed E-state index contributed by atoms with van der Waals surface area (Å²) in [5, 5.41) is 2.77. The molecule has 0 unspecified atom stereocenters. The Kier molecular flexibility index (Phi) is 4.05. The van der Waals surface area contributed by atoms with Gasteiger partial charge in [-0.1, -0.05) is 12.2 Å². The van der Waals surface area contributed by atoms with Gasteiger partial charge < -0.3 is 11.1 Å². The fraction of sp³-hybridized carbons (Fsp3) is 0.143. The van der Waals surface area contributed by atoms with E-state index in [-0.39, 0.29) is 10.9 Å². The summed E-state index contributed by atoms with van der Waals surface area (Å²) in [7, 11) is 0. The molecular formula is C14H14N4OS. The van der Waals surface area contributed by atoms with E-state index in [1.54, 1.807) is 12.1 Å². The zero-order chi connectivity index (χ0) is 14.7. The number of aromatic nitrogens is 2. The molecule has 1 amide bonds. The van der Waals surface area contributed by atoms with Crippen LogP contribution in [0.2, 0.25) is 0 Å². The van der Waals surface area contributed by atoms with Crippen molar-refractivity contribution >= 4 is 28.8 Å². The van der Waals surface area contributed by atoms with Crippen LogP contribution in [0.4, 0.5) is 5.69 Å². The largest absolute Gasteiger partial charge is 0.389 e. The first-order chi connectivity index (χ1) is 9.47. The van der Waals surface area contributed by atoms with E-state index in [4.69, 9.17) is 18.0 Å². The maximum Gasteiger partial charge on any atom is 0.274 e. The van der Waals surface area contributed by atoms with Gasteiger partial charge >= 0.3 is 0 Å². The van der Waals surface area contributed by atoms with Crippen molar-refractivity contribution in [2.45, 2.75) is 13.8 Å². The average Bonchev–Trinajstić information content (AvgIpc) is 2.42. The Labute approximate surface area is 122 Å². The molecule has 2 aromatic heterocycles. The number of nitrogens with two attached hydrogens (primary N) is 1. The van der Waals surface area contributed by atoms with E-state index in [2.05, 4.69) is 15.3 Å². The highest BCUT2D eigenvalue weighted by atomic mass is 32.1. The zero-order valence-corrected chi connectivity index (χ0v) is 12.0. The summed E-state index contributed by atoms with van der Waals surface area (Å²) in [5.41, 5.74) is 8.74. The Morgan fingerprint density at radius 2 is 2.00 bits per heavy atom. The van der Waals surface area contributed by atoms with Gasteiger partial charge in [-0.3, -0.25) is 14.8 Å². The van der Waals surface area contributed by atoms with Crippen molar-refractivity contribution in [3.05, 3.63) is 53.1 Å². The molecule has 0 aliphatic rings. The second-order valence-corrected chi connectivity index (χ2v) is 4.78. The van der Waals surface area contributed by atoms with Crippen molar-refractivity contribution < 1.29 is 4.79 Å². The molecular weight excluding hydrogens is 272 g/mol. The monoisotopic (exact) mass is 286 g/mol. The summed E-state index contributed by atoms with van der Waals surface area (Å²) >= 11 is 4.83. The third-order valence-corrected chi connectivity index (χ3v) is 2.99. The summed E-state index contributed by atoms with van der Waals surface area (Å²) < 4.78 is 0. The number of amides is 1. The van der Waals surface area contributed by atoms with Crippen LogP contribution in [0.3, 0.4) is 0 Å². The molecule has 0 bridgehead atoms. The molecule has 0 spiro atoms.